The number of amides is 2. The number of rotatable bonds is 5. The zero-order valence-corrected chi connectivity index (χ0v) is 23.3. The van der Waals surface area contributed by atoms with Crippen molar-refractivity contribution in [1.82, 2.24) is 14.2 Å². The molecule has 0 saturated carbocycles. The highest BCUT2D eigenvalue weighted by molar-refractivity contribution is 7.89. The molecule has 3 heterocycles. The first kappa shape index (κ1) is 27.3. The number of hydrogen-bond acceptors (Lipinski definition) is 5. The number of H-pyrrole nitrogens is 1. The maximum atomic E-state index is 13.8. The molecule has 0 unspecified atom stereocenters. The summed E-state index contributed by atoms with van der Waals surface area (Å²) in [5, 5.41) is 14.3. The van der Waals surface area contributed by atoms with Crippen LogP contribution in [0.25, 0.3) is 10.9 Å². The van der Waals surface area contributed by atoms with Crippen molar-refractivity contribution in [3.8, 4) is 5.75 Å². The average Bonchev–Trinajstić information content (AvgIpc) is 3.37. The van der Waals surface area contributed by atoms with Crippen molar-refractivity contribution >= 4 is 32.6 Å². The summed E-state index contributed by atoms with van der Waals surface area (Å²) in [6.07, 6.45) is 0.930. The van der Waals surface area contributed by atoms with Crippen LogP contribution in [0.3, 0.4) is 0 Å². The van der Waals surface area contributed by atoms with Crippen molar-refractivity contribution in [3.63, 3.8) is 0 Å². The first-order valence-electron chi connectivity index (χ1n) is 13.4. The Balaban J connectivity index is 1.40. The molecule has 1 saturated heterocycles. The predicted octanol–water partition coefficient (Wildman–Crippen LogP) is 4.62. The van der Waals surface area contributed by atoms with Crippen LogP contribution >= 0.6 is 0 Å². The fraction of sp³-hybridized carbons (Fsp3) is 0.300. The van der Waals surface area contributed by atoms with Crippen LogP contribution in [-0.2, 0) is 15.4 Å². The summed E-state index contributed by atoms with van der Waals surface area (Å²) in [4.78, 5) is 18.9. The molecule has 1 atom stereocenters. The fourth-order valence-corrected chi connectivity index (χ4v) is 7.75. The van der Waals surface area contributed by atoms with Gasteiger partial charge < -0.3 is 25.0 Å². The minimum Gasteiger partial charge on any atom is -0.497 e. The van der Waals surface area contributed by atoms with E-state index in [-0.39, 0.29) is 31.1 Å². The molecular formula is C30H31FN4O5S. The number of aromatic amines is 1. The number of benzene rings is 3. The van der Waals surface area contributed by atoms with Gasteiger partial charge in [-0.15, -0.1) is 0 Å². The Bertz CT molecular complexity index is 1700. The molecule has 1 fully saturated rings. The Morgan fingerprint density at radius 2 is 1.85 bits per heavy atom. The smallest absolute Gasteiger partial charge is 0.322 e. The monoisotopic (exact) mass is 578 g/mol. The van der Waals surface area contributed by atoms with E-state index in [1.807, 2.05) is 18.2 Å². The standard InChI is InChI=1S/C30H31FN4O5S/c1-40-22-10-11-24-25(17-22)33-28-26(18-36)35(29(37)32-21-7-5-6-20(31)16-21)19-30(27(24)28)12-14-34(15-13-30)41(38,39)23-8-3-2-4-9-23/h2-11,16-17,26,33,36H,12-15,18-19H2,1H3,(H,32,37)/t26-/m0/s1. The average molecular weight is 579 g/mol. The number of carbonyl (C=O) groups is 1. The normalized spacial score (nSPS) is 18.8. The van der Waals surface area contributed by atoms with Gasteiger partial charge in [0.05, 0.1) is 24.7 Å². The van der Waals surface area contributed by atoms with Crippen molar-refractivity contribution in [2.75, 3.05) is 38.7 Å². The third kappa shape index (κ3) is 4.73. The molecule has 3 aromatic carbocycles. The largest absolute Gasteiger partial charge is 0.497 e. The van der Waals surface area contributed by atoms with Gasteiger partial charge in [-0.1, -0.05) is 24.3 Å². The van der Waals surface area contributed by atoms with Gasteiger partial charge in [0.25, 0.3) is 0 Å². The number of aromatic nitrogens is 1. The summed E-state index contributed by atoms with van der Waals surface area (Å²) >= 11 is 0. The molecule has 4 aromatic rings. The van der Waals surface area contributed by atoms with E-state index in [1.165, 1.54) is 22.5 Å². The topological polar surface area (TPSA) is 115 Å². The number of nitrogens with zero attached hydrogens (tertiary/aromatic N) is 2. The molecule has 3 N–H and O–H groups in total. The van der Waals surface area contributed by atoms with E-state index in [1.54, 1.807) is 48.4 Å². The molecule has 6 rings (SSSR count). The summed E-state index contributed by atoms with van der Waals surface area (Å²) in [7, 11) is -2.10. The third-order valence-corrected chi connectivity index (χ3v) is 10.2. The van der Waals surface area contributed by atoms with Gasteiger partial charge in [0, 0.05) is 53.4 Å². The lowest BCUT2D eigenvalue weighted by molar-refractivity contribution is 0.0860. The van der Waals surface area contributed by atoms with Crippen LogP contribution in [0.1, 0.15) is 30.1 Å². The number of halogens is 1. The van der Waals surface area contributed by atoms with Gasteiger partial charge in [-0.05, 0) is 60.9 Å². The van der Waals surface area contributed by atoms with Crippen LogP contribution < -0.4 is 10.1 Å². The van der Waals surface area contributed by atoms with E-state index in [4.69, 9.17) is 4.74 Å². The Hall–Kier alpha value is -3.93. The van der Waals surface area contributed by atoms with E-state index in [0.29, 0.717) is 30.0 Å². The van der Waals surface area contributed by atoms with E-state index in [9.17, 15) is 22.7 Å². The summed E-state index contributed by atoms with van der Waals surface area (Å²) < 4.78 is 47.6. The van der Waals surface area contributed by atoms with Gasteiger partial charge >= 0.3 is 6.03 Å². The Morgan fingerprint density at radius 3 is 2.54 bits per heavy atom. The number of sulfonamides is 1. The first-order chi connectivity index (χ1) is 19.8. The first-order valence-corrected chi connectivity index (χ1v) is 14.9. The van der Waals surface area contributed by atoms with Crippen molar-refractivity contribution in [3.05, 3.63) is 89.9 Å². The number of anilines is 1. The molecule has 0 bridgehead atoms. The predicted molar refractivity (Wildman–Crippen MR) is 153 cm³/mol. The lowest BCUT2D eigenvalue weighted by atomic mass is 9.68. The van der Waals surface area contributed by atoms with Gasteiger partial charge in [0.2, 0.25) is 10.0 Å². The molecule has 2 aliphatic heterocycles. The van der Waals surface area contributed by atoms with Gasteiger partial charge in [-0.2, -0.15) is 4.31 Å². The maximum Gasteiger partial charge on any atom is 0.322 e. The molecule has 0 radical (unpaired) electrons. The van der Waals surface area contributed by atoms with Crippen molar-refractivity contribution in [2.45, 2.75) is 29.2 Å². The highest BCUT2D eigenvalue weighted by atomic mass is 32.2. The van der Waals surface area contributed by atoms with Crippen molar-refractivity contribution in [2.24, 2.45) is 0 Å². The van der Waals surface area contributed by atoms with E-state index in [2.05, 4.69) is 10.3 Å². The van der Waals surface area contributed by atoms with Crippen LogP contribution in [0.4, 0.5) is 14.9 Å². The zero-order valence-electron chi connectivity index (χ0n) is 22.5. The minimum atomic E-state index is -3.68. The van der Waals surface area contributed by atoms with Gasteiger partial charge in [0.15, 0.2) is 0 Å². The van der Waals surface area contributed by atoms with E-state index >= 15 is 0 Å². The lowest BCUT2D eigenvalue weighted by Crippen LogP contribution is -2.56. The quantitative estimate of drug-likeness (QED) is 0.320. The number of urea groups is 1. The van der Waals surface area contributed by atoms with Crippen molar-refractivity contribution < 1.29 is 27.4 Å². The second-order valence-electron chi connectivity index (χ2n) is 10.6. The fourth-order valence-electron chi connectivity index (χ4n) is 6.29. The highest BCUT2D eigenvalue weighted by Gasteiger charge is 2.50. The van der Waals surface area contributed by atoms with Gasteiger partial charge in [0.1, 0.15) is 11.6 Å². The second-order valence-corrected chi connectivity index (χ2v) is 12.5. The van der Waals surface area contributed by atoms with E-state index in [0.717, 1.165) is 16.5 Å². The number of aliphatic hydroxyl groups excluding tert-OH is 1. The number of methoxy groups -OCH3 is 1. The van der Waals surface area contributed by atoms with Crippen LogP contribution in [-0.4, -0.2) is 67.1 Å². The number of hydrogen-bond donors (Lipinski definition) is 3. The summed E-state index contributed by atoms with van der Waals surface area (Å²) in [5.74, 6) is 0.186. The molecule has 214 valence electrons. The third-order valence-electron chi connectivity index (χ3n) is 8.32. The number of ether oxygens (including phenoxy) is 1. The molecule has 2 aliphatic rings. The van der Waals surface area contributed by atoms with Gasteiger partial charge in [-0.3, -0.25) is 0 Å². The minimum absolute atomic E-state index is 0.246. The summed E-state index contributed by atoms with van der Waals surface area (Å²) in [5.41, 5.74) is 2.21. The van der Waals surface area contributed by atoms with Crippen LogP contribution in [0, 0.1) is 5.82 Å². The molecule has 2 amide bonds. The molecule has 1 aromatic heterocycles. The Morgan fingerprint density at radius 1 is 1.10 bits per heavy atom. The molecule has 0 aliphatic carbocycles. The number of piperidine rings is 1. The molecule has 1 spiro atoms. The highest BCUT2D eigenvalue weighted by Crippen LogP contribution is 2.49. The lowest BCUT2D eigenvalue weighted by Gasteiger charge is -2.49. The van der Waals surface area contributed by atoms with Crippen LogP contribution in [0.5, 0.6) is 5.75 Å². The number of carbonyl (C=O) groups excluding carboxylic acids is 1. The van der Waals surface area contributed by atoms with Crippen LogP contribution in [0.2, 0.25) is 0 Å². The van der Waals surface area contributed by atoms with Crippen molar-refractivity contribution in [1.29, 1.82) is 0 Å². The Labute approximate surface area is 237 Å². The zero-order chi connectivity index (χ0) is 28.8. The maximum absolute atomic E-state index is 13.8. The molecular weight excluding hydrogens is 547 g/mol. The Kier molecular flexibility index (Phi) is 6.96. The number of fused-ring (bicyclic) bond motifs is 4. The van der Waals surface area contributed by atoms with E-state index < -0.39 is 33.3 Å². The molecule has 11 heteroatoms. The molecule has 41 heavy (non-hydrogen) atoms. The second kappa shape index (κ2) is 10.5. The van der Waals surface area contributed by atoms with Crippen LogP contribution in [0.15, 0.2) is 77.7 Å². The molecule has 9 nitrogen and oxygen atoms in total. The number of aliphatic hydroxyl groups is 1. The number of nitrogens with one attached hydrogen (secondary N) is 2. The summed E-state index contributed by atoms with van der Waals surface area (Å²) in [6, 6.07) is 18.6. The summed E-state index contributed by atoms with van der Waals surface area (Å²) in [6.45, 7) is 0.452. The SMILES string of the molecule is COc1ccc2c3c([nH]c2c1)[C@H](CO)N(C(=O)Nc1cccc(F)c1)CC31CCN(S(=O)(=O)c2ccccc2)CC1. The van der Waals surface area contributed by atoms with Gasteiger partial charge in [-0.25, -0.2) is 17.6 Å².